The molecule has 0 nitrogen and oxygen atoms in total. The van der Waals surface area contributed by atoms with Crippen LogP contribution in [0.5, 0.6) is 0 Å². The Hall–Kier alpha value is -1.11. The molecule has 3 rings (SSSR count). The molecule has 144 valence electrons. The second-order valence-corrected chi connectivity index (χ2v) is 8.90. The summed E-state index contributed by atoms with van der Waals surface area (Å²) in [5, 5.41) is 0. The summed E-state index contributed by atoms with van der Waals surface area (Å²) in [6, 6.07) is 7.07. The summed E-state index contributed by atoms with van der Waals surface area (Å²) < 4.78 is 13.0. The first-order valence-electron chi connectivity index (χ1n) is 11.2. The van der Waals surface area contributed by atoms with Crippen LogP contribution in [0.25, 0.3) is 0 Å². The molecule has 0 N–H and O–H groups in total. The monoisotopic (exact) mass is 356 g/mol. The minimum atomic E-state index is -0.125. The van der Waals surface area contributed by atoms with Gasteiger partial charge in [-0.1, -0.05) is 44.1 Å². The molecule has 0 radical (unpaired) electrons. The van der Waals surface area contributed by atoms with Crippen LogP contribution < -0.4 is 0 Å². The first kappa shape index (κ1) is 19.6. The van der Waals surface area contributed by atoms with Crippen molar-refractivity contribution in [3.63, 3.8) is 0 Å². The van der Waals surface area contributed by atoms with E-state index in [0.29, 0.717) is 0 Å². The van der Waals surface area contributed by atoms with Crippen molar-refractivity contribution in [2.45, 2.75) is 84.0 Å². The maximum Gasteiger partial charge on any atom is 0.123 e. The quantitative estimate of drug-likeness (QED) is 0.438. The van der Waals surface area contributed by atoms with Crippen LogP contribution in [0.2, 0.25) is 0 Å². The lowest BCUT2D eigenvalue weighted by atomic mass is 9.77. The Balaban J connectivity index is 1.33. The van der Waals surface area contributed by atoms with Crippen LogP contribution in [0.3, 0.4) is 0 Å². The van der Waals surface area contributed by atoms with E-state index in [0.717, 1.165) is 30.1 Å². The van der Waals surface area contributed by atoms with Crippen LogP contribution in [0.4, 0.5) is 4.39 Å². The number of aryl methyl sites for hydroxylation is 1. The van der Waals surface area contributed by atoms with E-state index in [-0.39, 0.29) is 5.82 Å². The fourth-order valence-corrected chi connectivity index (χ4v) is 5.08. The normalized spacial score (nSPS) is 29.9. The number of rotatable bonds is 7. The summed E-state index contributed by atoms with van der Waals surface area (Å²) in [6.45, 7) is 2.32. The molecule has 2 aliphatic carbocycles. The fraction of sp³-hybridized carbons (Fsp3) is 0.680. The van der Waals surface area contributed by atoms with Gasteiger partial charge in [0, 0.05) is 0 Å². The summed E-state index contributed by atoms with van der Waals surface area (Å²) in [5.41, 5.74) is 1.28. The van der Waals surface area contributed by atoms with E-state index in [4.69, 9.17) is 0 Å². The first-order chi connectivity index (χ1) is 12.7. The molecule has 0 heterocycles. The first-order valence-corrected chi connectivity index (χ1v) is 11.2. The molecular formula is C25H37F. The highest BCUT2D eigenvalue weighted by Crippen LogP contribution is 2.35. The molecule has 0 unspecified atom stereocenters. The van der Waals surface area contributed by atoms with Gasteiger partial charge in [-0.2, -0.15) is 0 Å². The van der Waals surface area contributed by atoms with E-state index in [9.17, 15) is 4.39 Å². The van der Waals surface area contributed by atoms with Crippen LogP contribution in [0.1, 0.15) is 83.1 Å². The maximum atomic E-state index is 13.0. The van der Waals surface area contributed by atoms with E-state index in [2.05, 4.69) is 19.1 Å². The SMILES string of the molecule is CCCC1CCC(/C=C/C2CCC(CCc3ccc(F)cc3)CC2)CC1. The second kappa shape index (κ2) is 10.3. The average molecular weight is 357 g/mol. The predicted molar refractivity (Wildman–Crippen MR) is 110 cm³/mol. The van der Waals surface area contributed by atoms with Crippen molar-refractivity contribution in [3.05, 3.63) is 47.8 Å². The molecule has 1 heteroatoms. The molecule has 0 bridgehead atoms. The molecule has 1 aromatic carbocycles. The molecular weight excluding hydrogens is 319 g/mol. The summed E-state index contributed by atoms with van der Waals surface area (Å²) in [7, 11) is 0. The molecule has 2 aliphatic rings. The lowest BCUT2D eigenvalue weighted by Crippen LogP contribution is -2.15. The Morgan fingerprint density at radius 2 is 1.27 bits per heavy atom. The standard InChI is InChI=1S/C25H37F/c1-2-3-20-4-6-21(7-5-20)8-9-22-10-12-23(13-11-22)14-15-24-16-18-25(26)19-17-24/h8-9,16-23H,2-7,10-15H2,1H3/b9-8+. The van der Waals surface area contributed by atoms with Crippen molar-refractivity contribution in [2.75, 3.05) is 0 Å². The topological polar surface area (TPSA) is 0 Å². The van der Waals surface area contributed by atoms with Gasteiger partial charge in [-0.25, -0.2) is 4.39 Å². The van der Waals surface area contributed by atoms with Crippen LogP contribution in [-0.2, 0) is 6.42 Å². The van der Waals surface area contributed by atoms with Crippen molar-refractivity contribution in [1.82, 2.24) is 0 Å². The van der Waals surface area contributed by atoms with Gasteiger partial charge in [0.1, 0.15) is 5.82 Å². The zero-order valence-electron chi connectivity index (χ0n) is 16.6. The van der Waals surface area contributed by atoms with Gasteiger partial charge in [-0.3, -0.25) is 0 Å². The number of allylic oxidation sites excluding steroid dienone is 2. The third kappa shape index (κ3) is 6.25. The molecule has 0 saturated heterocycles. The van der Waals surface area contributed by atoms with E-state index >= 15 is 0 Å². The Morgan fingerprint density at radius 1 is 0.769 bits per heavy atom. The largest absolute Gasteiger partial charge is 0.207 e. The van der Waals surface area contributed by atoms with Crippen LogP contribution >= 0.6 is 0 Å². The second-order valence-electron chi connectivity index (χ2n) is 8.90. The van der Waals surface area contributed by atoms with E-state index in [1.807, 2.05) is 12.1 Å². The molecule has 0 spiro atoms. The molecule has 2 saturated carbocycles. The highest BCUT2D eigenvalue weighted by atomic mass is 19.1. The van der Waals surface area contributed by atoms with Gasteiger partial charge in [0.15, 0.2) is 0 Å². The van der Waals surface area contributed by atoms with Gasteiger partial charge in [0.2, 0.25) is 0 Å². The summed E-state index contributed by atoms with van der Waals surface area (Å²) in [4.78, 5) is 0. The van der Waals surface area contributed by atoms with Crippen molar-refractivity contribution < 1.29 is 4.39 Å². The third-order valence-electron chi connectivity index (χ3n) is 6.89. The molecule has 0 atom stereocenters. The van der Waals surface area contributed by atoms with Gasteiger partial charge < -0.3 is 0 Å². The molecule has 0 aliphatic heterocycles. The molecule has 0 aromatic heterocycles. The minimum Gasteiger partial charge on any atom is -0.207 e. The zero-order valence-corrected chi connectivity index (χ0v) is 16.6. The fourth-order valence-electron chi connectivity index (χ4n) is 5.08. The van der Waals surface area contributed by atoms with Gasteiger partial charge in [-0.15, -0.1) is 0 Å². The molecule has 0 amide bonds. The van der Waals surface area contributed by atoms with E-state index < -0.39 is 0 Å². The van der Waals surface area contributed by atoms with Gasteiger partial charge in [0.05, 0.1) is 0 Å². The number of benzene rings is 1. The molecule has 1 aromatic rings. The number of halogens is 1. The van der Waals surface area contributed by atoms with E-state index in [1.165, 1.54) is 76.2 Å². The predicted octanol–water partition coefficient (Wildman–Crippen LogP) is 7.73. The zero-order chi connectivity index (χ0) is 18.2. The summed E-state index contributed by atoms with van der Waals surface area (Å²) in [5.74, 6) is 3.44. The third-order valence-corrected chi connectivity index (χ3v) is 6.89. The van der Waals surface area contributed by atoms with Crippen molar-refractivity contribution in [3.8, 4) is 0 Å². The summed E-state index contributed by atoms with van der Waals surface area (Å²) in [6.07, 6.45) is 21.6. The molecule has 26 heavy (non-hydrogen) atoms. The van der Waals surface area contributed by atoms with Gasteiger partial charge >= 0.3 is 0 Å². The van der Waals surface area contributed by atoms with Crippen LogP contribution in [0, 0.1) is 29.5 Å². The molecule has 2 fully saturated rings. The van der Waals surface area contributed by atoms with Gasteiger partial charge in [-0.05, 0) is 106 Å². The number of hydrogen-bond donors (Lipinski definition) is 0. The highest BCUT2D eigenvalue weighted by molar-refractivity contribution is 5.16. The Bertz CT molecular complexity index is 528. The van der Waals surface area contributed by atoms with Crippen molar-refractivity contribution in [2.24, 2.45) is 23.7 Å². The average Bonchev–Trinajstić information content (AvgIpc) is 2.68. The Labute approximate surface area is 160 Å². The minimum absolute atomic E-state index is 0.125. The Morgan fingerprint density at radius 3 is 1.77 bits per heavy atom. The lowest BCUT2D eigenvalue weighted by molar-refractivity contribution is 0.285. The Kier molecular flexibility index (Phi) is 7.77. The van der Waals surface area contributed by atoms with Crippen LogP contribution in [-0.4, -0.2) is 0 Å². The van der Waals surface area contributed by atoms with Crippen molar-refractivity contribution >= 4 is 0 Å². The lowest BCUT2D eigenvalue weighted by Gasteiger charge is -2.29. The number of hydrogen-bond acceptors (Lipinski definition) is 0. The van der Waals surface area contributed by atoms with Crippen molar-refractivity contribution in [1.29, 1.82) is 0 Å². The maximum absolute atomic E-state index is 13.0. The summed E-state index contributed by atoms with van der Waals surface area (Å²) >= 11 is 0. The van der Waals surface area contributed by atoms with Crippen LogP contribution in [0.15, 0.2) is 36.4 Å². The smallest absolute Gasteiger partial charge is 0.123 e. The highest BCUT2D eigenvalue weighted by Gasteiger charge is 2.21. The van der Waals surface area contributed by atoms with E-state index in [1.54, 1.807) is 12.1 Å². The van der Waals surface area contributed by atoms with Gasteiger partial charge in [0.25, 0.3) is 0 Å².